The lowest BCUT2D eigenvalue weighted by Gasteiger charge is -2.13. The van der Waals surface area contributed by atoms with Gasteiger partial charge in [0.2, 0.25) is 0 Å². The number of hydrogen-bond donors (Lipinski definition) is 3. The standard InChI is InChI=1S/C13H18N2O3S/c1-3-9(12(16)17)8-14-13(18)15-10-6-4-5-7-11(10)19-2/h4-7,9H,3,8H2,1-2H3,(H,16,17)(H2,14,15,18). The molecule has 0 aliphatic heterocycles. The van der Waals surface area contributed by atoms with E-state index in [9.17, 15) is 9.59 Å². The van der Waals surface area contributed by atoms with Crippen molar-refractivity contribution < 1.29 is 14.7 Å². The third-order valence-corrected chi connectivity index (χ3v) is 3.50. The second kappa shape index (κ2) is 7.68. The Morgan fingerprint density at radius 2 is 2.05 bits per heavy atom. The third-order valence-electron chi connectivity index (χ3n) is 2.71. The minimum Gasteiger partial charge on any atom is -0.481 e. The second-order valence-electron chi connectivity index (χ2n) is 3.98. The average molecular weight is 282 g/mol. The zero-order valence-electron chi connectivity index (χ0n) is 11.0. The zero-order valence-corrected chi connectivity index (χ0v) is 11.8. The number of urea groups is 1. The first kappa shape index (κ1) is 15.4. The van der Waals surface area contributed by atoms with E-state index < -0.39 is 11.9 Å². The van der Waals surface area contributed by atoms with Crippen LogP contribution in [0.15, 0.2) is 29.2 Å². The van der Waals surface area contributed by atoms with Crippen LogP contribution in [0, 0.1) is 5.92 Å². The van der Waals surface area contributed by atoms with E-state index in [0.717, 1.165) is 10.6 Å². The van der Waals surface area contributed by atoms with Crippen LogP contribution in [0.2, 0.25) is 0 Å². The Balaban J connectivity index is 2.53. The second-order valence-corrected chi connectivity index (χ2v) is 4.83. The molecular weight excluding hydrogens is 264 g/mol. The molecule has 0 aliphatic rings. The van der Waals surface area contributed by atoms with Gasteiger partial charge in [0.1, 0.15) is 0 Å². The summed E-state index contributed by atoms with van der Waals surface area (Å²) in [7, 11) is 0. The van der Waals surface area contributed by atoms with Crippen molar-refractivity contribution in [2.24, 2.45) is 5.92 Å². The molecule has 3 N–H and O–H groups in total. The van der Waals surface area contributed by atoms with E-state index in [2.05, 4.69) is 10.6 Å². The Morgan fingerprint density at radius 3 is 2.63 bits per heavy atom. The van der Waals surface area contributed by atoms with Crippen LogP contribution in [-0.2, 0) is 4.79 Å². The number of para-hydroxylation sites is 1. The van der Waals surface area contributed by atoms with Gasteiger partial charge in [0.15, 0.2) is 0 Å². The molecule has 0 aromatic heterocycles. The van der Waals surface area contributed by atoms with E-state index >= 15 is 0 Å². The van der Waals surface area contributed by atoms with Crippen molar-refractivity contribution >= 4 is 29.4 Å². The van der Waals surface area contributed by atoms with E-state index in [1.807, 2.05) is 24.5 Å². The van der Waals surface area contributed by atoms with Gasteiger partial charge in [-0.05, 0) is 24.8 Å². The maximum atomic E-state index is 11.7. The maximum absolute atomic E-state index is 11.7. The van der Waals surface area contributed by atoms with Crippen molar-refractivity contribution in [3.8, 4) is 0 Å². The molecule has 5 nitrogen and oxygen atoms in total. The minimum absolute atomic E-state index is 0.124. The van der Waals surface area contributed by atoms with Gasteiger partial charge in [0.05, 0.1) is 11.6 Å². The zero-order chi connectivity index (χ0) is 14.3. The Labute approximate surface area is 116 Å². The van der Waals surface area contributed by atoms with E-state index in [-0.39, 0.29) is 12.6 Å². The van der Waals surface area contributed by atoms with Gasteiger partial charge in [-0.1, -0.05) is 19.1 Å². The topological polar surface area (TPSA) is 78.4 Å². The summed E-state index contributed by atoms with van der Waals surface area (Å²) in [6, 6.07) is 7.06. The monoisotopic (exact) mass is 282 g/mol. The van der Waals surface area contributed by atoms with Crippen molar-refractivity contribution in [3.63, 3.8) is 0 Å². The van der Waals surface area contributed by atoms with Gasteiger partial charge in [-0.3, -0.25) is 4.79 Å². The first-order valence-corrected chi connectivity index (χ1v) is 7.21. The van der Waals surface area contributed by atoms with Crippen LogP contribution in [0.4, 0.5) is 10.5 Å². The largest absolute Gasteiger partial charge is 0.481 e. The summed E-state index contributed by atoms with van der Waals surface area (Å²) in [6.45, 7) is 1.90. The van der Waals surface area contributed by atoms with Crippen molar-refractivity contribution in [3.05, 3.63) is 24.3 Å². The Morgan fingerprint density at radius 1 is 1.37 bits per heavy atom. The van der Waals surface area contributed by atoms with Crippen molar-refractivity contribution in [1.29, 1.82) is 0 Å². The van der Waals surface area contributed by atoms with E-state index in [1.165, 1.54) is 11.8 Å². The van der Waals surface area contributed by atoms with E-state index in [0.29, 0.717) is 6.42 Å². The molecule has 0 saturated heterocycles. The number of carbonyl (C=O) groups excluding carboxylic acids is 1. The minimum atomic E-state index is -0.896. The normalized spacial score (nSPS) is 11.7. The molecule has 0 aliphatic carbocycles. The highest BCUT2D eigenvalue weighted by Crippen LogP contribution is 2.24. The van der Waals surface area contributed by atoms with Crippen LogP contribution in [0.1, 0.15) is 13.3 Å². The summed E-state index contributed by atoms with van der Waals surface area (Å²) >= 11 is 1.53. The number of carboxylic acids is 1. The number of carbonyl (C=O) groups is 2. The lowest BCUT2D eigenvalue weighted by Crippen LogP contribution is -2.35. The highest BCUT2D eigenvalue weighted by molar-refractivity contribution is 7.98. The van der Waals surface area contributed by atoms with Gasteiger partial charge in [0.25, 0.3) is 0 Å². The predicted octanol–water partition coefficient (Wildman–Crippen LogP) is 2.64. The van der Waals surface area contributed by atoms with Gasteiger partial charge in [0, 0.05) is 11.4 Å². The molecule has 1 rings (SSSR count). The third kappa shape index (κ3) is 4.82. The SMILES string of the molecule is CCC(CNC(=O)Nc1ccccc1SC)C(=O)O. The fourth-order valence-electron chi connectivity index (χ4n) is 1.54. The lowest BCUT2D eigenvalue weighted by molar-refractivity contribution is -0.141. The van der Waals surface area contributed by atoms with Gasteiger partial charge in [-0.25, -0.2) is 4.79 Å². The molecule has 0 saturated carbocycles. The van der Waals surface area contributed by atoms with Crippen molar-refractivity contribution in [2.75, 3.05) is 18.1 Å². The summed E-state index contributed by atoms with van der Waals surface area (Å²) < 4.78 is 0. The molecule has 0 bridgehead atoms. The van der Waals surface area contributed by atoms with Crippen LogP contribution in [0.5, 0.6) is 0 Å². The van der Waals surface area contributed by atoms with E-state index in [1.54, 1.807) is 13.0 Å². The predicted molar refractivity (Wildman–Crippen MR) is 76.7 cm³/mol. The quantitative estimate of drug-likeness (QED) is 0.701. The number of amides is 2. The summed E-state index contributed by atoms with van der Waals surface area (Å²) in [5.41, 5.74) is 0.718. The van der Waals surface area contributed by atoms with Gasteiger partial charge in [-0.2, -0.15) is 0 Å². The van der Waals surface area contributed by atoms with Crippen molar-refractivity contribution in [1.82, 2.24) is 5.32 Å². The fraction of sp³-hybridized carbons (Fsp3) is 0.385. The van der Waals surface area contributed by atoms with Gasteiger partial charge >= 0.3 is 12.0 Å². The highest BCUT2D eigenvalue weighted by Gasteiger charge is 2.16. The molecule has 0 heterocycles. The van der Waals surface area contributed by atoms with Crippen LogP contribution in [0.3, 0.4) is 0 Å². The number of aliphatic carboxylic acids is 1. The first-order chi connectivity index (χ1) is 9.08. The maximum Gasteiger partial charge on any atom is 0.319 e. The average Bonchev–Trinajstić information content (AvgIpc) is 2.39. The van der Waals surface area contributed by atoms with Crippen LogP contribution in [-0.4, -0.2) is 29.9 Å². The Hall–Kier alpha value is -1.69. The molecule has 1 unspecified atom stereocenters. The number of carboxylic acid groups (broad SMARTS) is 1. The highest BCUT2D eigenvalue weighted by atomic mass is 32.2. The van der Waals surface area contributed by atoms with Crippen LogP contribution >= 0.6 is 11.8 Å². The molecule has 0 fully saturated rings. The summed E-state index contributed by atoms with van der Waals surface area (Å²) in [4.78, 5) is 23.5. The Bertz CT molecular complexity index is 451. The summed E-state index contributed by atoms with van der Waals surface area (Å²) in [5.74, 6) is -1.45. The van der Waals surface area contributed by atoms with Gasteiger partial charge < -0.3 is 15.7 Å². The molecule has 2 amide bonds. The number of thioether (sulfide) groups is 1. The molecular formula is C13H18N2O3S. The number of benzene rings is 1. The van der Waals surface area contributed by atoms with E-state index in [4.69, 9.17) is 5.11 Å². The van der Waals surface area contributed by atoms with Crippen LogP contribution < -0.4 is 10.6 Å². The number of rotatable bonds is 6. The lowest BCUT2D eigenvalue weighted by atomic mass is 10.1. The number of anilines is 1. The summed E-state index contributed by atoms with van der Waals surface area (Å²) in [5, 5.41) is 14.2. The molecule has 0 radical (unpaired) electrons. The summed E-state index contributed by atoms with van der Waals surface area (Å²) in [6.07, 6.45) is 2.41. The fourth-order valence-corrected chi connectivity index (χ4v) is 2.09. The molecule has 6 heteroatoms. The first-order valence-electron chi connectivity index (χ1n) is 5.99. The molecule has 104 valence electrons. The molecule has 0 spiro atoms. The van der Waals surface area contributed by atoms with Crippen molar-refractivity contribution in [2.45, 2.75) is 18.2 Å². The van der Waals surface area contributed by atoms with Crippen LogP contribution in [0.25, 0.3) is 0 Å². The molecule has 1 aromatic carbocycles. The Kier molecular flexibility index (Phi) is 6.21. The van der Waals surface area contributed by atoms with Gasteiger partial charge in [-0.15, -0.1) is 11.8 Å². The molecule has 1 aromatic rings. The number of nitrogens with one attached hydrogen (secondary N) is 2. The molecule has 1 atom stereocenters. The number of hydrogen-bond acceptors (Lipinski definition) is 3. The molecule has 19 heavy (non-hydrogen) atoms. The smallest absolute Gasteiger partial charge is 0.319 e.